The minimum absolute atomic E-state index is 0.0308. The van der Waals surface area contributed by atoms with E-state index in [1.807, 2.05) is 0 Å². The first-order valence-electron chi connectivity index (χ1n) is 6.39. The van der Waals surface area contributed by atoms with Crippen molar-refractivity contribution in [3.63, 3.8) is 0 Å². The number of halogens is 3. The quantitative estimate of drug-likeness (QED) is 0.353. The number of aryl methyl sites for hydroxylation is 2. The molecule has 0 aliphatic rings. The van der Waals surface area contributed by atoms with Gasteiger partial charge in [-0.15, -0.1) is 0 Å². The molecule has 2 aromatic heterocycles. The zero-order valence-electron chi connectivity index (χ0n) is 12.5. The van der Waals surface area contributed by atoms with Crippen LogP contribution in [0.5, 0.6) is 0 Å². The molecule has 126 valence electrons. The first kappa shape index (κ1) is 17.7. The van der Waals surface area contributed by atoms with Crippen LogP contribution in [0.2, 0.25) is 0 Å². The molecule has 0 bridgehead atoms. The minimum atomic E-state index is -4.68. The summed E-state index contributed by atoms with van der Waals surface area (Å²) in [4.78, 5) is 7.51. The fourth-order valence-corrected chi connectivity index (χ4v) is 2.56. The molecule has 0 spiro atoms. The molecule has 0 saturated heterocycles. The molecule has 0 saturated carbocycles. The third kappa shape index (κ3) is 4.23. The van der Waals surface area contributed by atoms with Crippen LogP contribution in [0.4, 0.5) is 19.1 Å². The van der Waals surface area contributed by atoms with Gasteiger partial charge in [0.2, 0.25) is 0 Å². The minimum Gasteiger partial charge on any atom is -0.861 e. The van der Waals surface area contributed by atoms with Crippen LogP contribution in [-0.4, -0.2) is 21.9 Å². The molecule has 0 fully saturated rings. The van der Waals surface area contributed by atoms with E-state index < -0.39 is 23.2 Å². The highest BCUT2D eigenvalue weighted by molar-refractivity contribution is 7.99. The molecular weight excluding hydrogens is 347 g/mol. The molecule has 0 amide bonds. The molecule has 0 aliphatic carbocycles. The molecule has 0 aromatic carbocycles. The summed E-state index contributed by atoms with van der Waals surface area (Å²) >= 11 is 0.704. The predicted molar refractivity (Wildman–Crippen MR) is 74.2 cm³/mol. The summed E-state index contributed by atoms with van der Waals surface area (Å²) in [6, 6.07) is 2.29. The van der Waals surface area contributed by atoms with E-state index in [9.17, 15) is 18.3 Å². The second-order valence-corrected chi connectivity index (χ2v) is 5.57. The maximum Gasteiger partial charge on any atom is 0.417 e. The molecule has 0 radical (unpaired) electrons. The molecule has 0 unspecified atom stereocenters. The largest absolute Gasteiger partial charge is 0.861 e. The Morgan fingerprint density at radius 2 is 2.25 bits per heavy atom. The van der Waals surface area contributed by atoms with Crippen molar-refractivity contribution in [3.05, 3.63) is 29.1 Å². The number of alkyl halides is 3. The van der Waals surface area contributed by atoms with E-state index in [1.54, 1.807) is 7.05 Å². The number of nitriles is 1. The monoisotopic (exact) mass is 357 g/mol. The van der Waals surface area contributed by atoms with Gasteiger partial charge in [-0.2, -0.15) is 18.4 Å². The van der Waals surface area contributed by atoms with E-state index in [1.165, 1.54) is 23.9 Å². The topological polar surface area (TPSA) is 102 Å². The molecule has 2 aromatic rings. The Kier molecular flexibility index (Phi) is 5.08. The van der Waals surface area contributed by atoms with Crippen LogP contribution in [0.15, 0.2) is 26.8 Å². The molecule has 2 rings (SSSR count). The fourth-order valence-electron chi connectivity index (χ4n) is 1.73. The summed E-state index contributed by atoms with van der Waals surface area (Å²) in [5, 5.41) is 24.1. The lowest BCUT2D eigenvalue weighted by molar-refractivity contribution is -0.739. The summed E-state index contributed by atoms with van der Waals surface area (Å²) in [6.07, 6.45) is -3.33. The Balaban J connectivity index is 2.25. The predicted octanol–water partition coefficient (Wildman–Crippen LogP) is 1.28. The number of rotatable bonds is 4. The molecule has 0 N–H and O–H groups in total. The van der Waals surface area contributed by atoms with Crippen molar-refractivity contribution in [2.45, 2.75) is 18.1 Å². The Hall–Kier alpha value is -2.61. The van der Waals surface area contributed by atoms with Crippen molar-refractivity contribution >= 4 is 23.5 Å². The number of hydrogen-bond donors (Lipinski definition) is 0. The molecular formula is C13H10F3N5O2S. The molecule has 24 heavy (non-hydrogen) atoms. The number of nitrogens with zero attached hydrogens (tertiary/aromatic N) is 5. The van der Waals surface area contributed by atoms with Crippen molar-refractivity contribution in [1.29, 1.82) is 5.26 Å². The second kappa shape index (κ2) is 6.88. The van der Waals surface area contributed by atoms with E-state index >= 15 is 0 Å². The van der Waals surface area contributed by atoms with Crippen LogP contribution in [-0.2, 0) is 13.2 Å². The van der Waals surface area contributed by atoms with Gasteiger partial charge in [0.15, 0.2) is 12.3 Å². The molecule has 2 heterocycles. The highest BCUT2D eigenvalue weighted by Crippen LogP contribution is 2.35. The van der Waals surface area contributed by atoms with Crippen LogP contribution in [0.3, 0.4) is 0 Å². The van der Waals surface area contributed by atoms with Gasteiger partial charge in [-0.1, -0.05) is 16.4 Å². The van der Waals surface area contributed by atoms with Crippen LogP contribution >= 0.6 is 11.8 Å². The summed E-state index contributed by atoms with van der Waals surface area (Å²) in [5.74, 6) is -0.985. The van der Waals surface area contributed by atoms with Crippen LogP contribution in [0.1, 0.15) is 16.8 Å². The lowest BCUT2D eigenvalue weighted by Crippen LogP contribution is -2.27. The van der Waals surface area contributed by atoms with Gasteiger partial charge >= 0.3 is 12.1 Å². The van der Waals surface area contributed by atoms with Gasteiger partial charge in [0.05, 0.1) is 11.1 Å². The SMILES string of the molecule is Cc1cc(C(F)(F)F)c(C#N)c(SC/C([O-])=N/c2c[n+](C)no2)n1. The molecule has 0 aliphatic heterocycles. The van der Waals surface area contributed by atoms with Gasteiger partial charge in [-0.3, -0.25) is 4.52 Å². The van der Waals surface area contributed by atoms with Gasteiger partial charge in [-0.25, -0.2) is 9.98 Å². The van der Waals surface area contributed by atoms with Gasteiger partial charge in [0, 0.05) is 11.4 Å². The Bertz CT molecular complexity index is 826. The third-order valence-corrected chi connectivity index (χ3v) is 3.62. The maximum atomic E-state index is 13.0. The second-order valence-electron chi connectivity index (χ2n) is 4.61. The van der Waals surface area contributed by atoms with Crippen LogP contribution in [0.25, 0.3) is 0 Å². The van der Waals surface area contributed by atoms with Crippen LogP contribution in [0, 0.1) is 18.3 Å². The van der Waals surface area contributed by atoms with Crippen molar-refractivity contribution in [2.24, 2.45) is 12.0 Å². The number of aromatic nitrogens is 3. The highest BCUT2D eigenvalue weighted by atomic mass is 32.2. The third-order valence-electron chi connectivity index (χ3n) is 2.66. The normalized spacial score (nSPS) is 12.2. The smallest absolute Gasteiger partial charge is 0.417 e. The molecule has 7 nitrogen and oxygen atoms in total. The first-order chi connectivity index (χ1) is 11.2. The van der Waals surface area contributed by atoms with Gasteiger partial charge in [0.25, 0.3) is 6.20 Å². The van der Waals surface area contributed by atoms with Crippen molar-refractivity contribution in [3.8, 4) is 6.07 Å². The van der Waals surface area contributed by atoms with E-state index in [0.717, 1.165) is 6.07 Å². The zero-order chi connectivity index (χ0) is 17.9. The number of aliphatic imine (C=N–C) groups is 1. The van der Waals surface area contributed by atoms with Gasteiger partial charge in [0.1, 0.15) is 11.1 Å². The first-order valence-corrected chi connectivity index (χ1v) is 7.38. The highest BCUT2D eigenvalue weighted by Gasteiger charge is 2.35. The van der Waals surface area contributed by atoms with E-state index in [0.29, 0.717) is 11.8 Å². The lowest BCUT2D eigenvalue weighted by Gasteiger charge is -2.14. The van der Waals surface area contributed by atoms with Gasteiger partial charge in [-0.05, 0) is 18.9 Å². The Morgan fingerprint density at radius 1 is 1.54 bits per heavy atom. The average Bonchev–Trinajstić information content (AvgIpc) is 2.88. The lowest BCUT2D eigenvalue weighted by atomic mass is 10.1. The summed E-state index contributed by atoms with van der Waals surface area (Å²) in [5.41, 5.74) is -1.60. The fraction of sp³-hybridized carbons (Fsp3) is 0.308. The van der Waals surface area contributed by atoms with Gasteiger partial charge < -0.3 is 5.11 Å². The molecule has 0 atom stereocenters. The Labute approximate surface area is 138 Å². The number of hydrogen-bond acceptors (Lipinski definition) is 7. The van der Waals surface area contributed by atoms with Crippen molar-refractivity contribution in [1.82, 2.24) is 10.3 Å². The maximum absolute atomic E-state index is 13.0. The molecule has 11 heteroatoms. The van der Waals surface area contributed by atoms with Crippen LogP contribution < -0.4 is 9.79 Å². The van der Waals surface area contributed by atoms with E-state index in [2.05, 4.69) is 15.2 Å². The zero-order valence-corrected chi connectivity index (χ0v) is 13.3. The van der Waals surface area contributed by atoms with Crippen molar-refractivity contribution in [2.75, 3.05) is 5.75 Å². The van der Waals surface area contributed by atoms with Crippen molar-refractivity contribution < 1.29 is 27.5 Å². The summed E-state index contributed by atoms with van der Waals surface area (Å²) < 4.78 is 45.0. The average molecular weight is 357 g/mol. The van der Waals surface area contributed by atoms with E-state index in [-0.39, 0.29) is 22.4 Å². The van der Waals surface area contributed by atoms with E-state index in [4.69, 9.17) is 9.78 Å². The Morgan fingerprint density at radius 3 is 2.79 bits per heavy atom. The summed E-state index contributed by atoms with van der Waals surface area (Å²) in [7, 11) is 1.57. The number of thioether (sulfide) groups is 1. The standard InChI is InChI=1S/C13H10F3N5O2S/c1-7-3-9(13(14,15)16)8(4-17)12(18-7)24-6-10(22)19-11-5-21(2)20-23-11/h3,5H,6H2,1-2H3. The number of pyridine rings is 1. The summed E-state index contributed by atoms with van der Waals surface area (Å²) in [6.45, 7) is 1.38.